The zero-order valence-corrected chi connectivity index (χ0v) is 27.1. The van der Waals surface area contributed by atoms with Crippen molar-refractivity contribution in [3.05, 3.63) is 84.8 Å². The highest BCUT2D eigenvalue weighted by atomic mass is 16.5. The summed E-state index contributed by atoms with van der Waals surface area (Å²) in [6, 6.07) is 19.0. The van der Waals surface area contributed by atoms with Gasteiger partial charge in [-0.05, 0) is 55.3 Å². The lowest BCUT2D eigenvalue weighted by Gasteiger charge is -2.27. The Bertz CT molecular complexity index is 1750. The van der Waals surface area contributed by atoms with Gasteiger partial charge in [-0.25, -0.2) is 10.5 Å². The fourth-order valence-corrected chi connectivity index (χ4v) is 5.08. The van der Waals surface area contributed by atoms with Crippen LogP contribution in [0.1, 0.15) is 37.0 Å². The number of carbonyl (C=O) groups is 1. The smallest absolute Gasteiger partial charge is 0.274 e. The molecule has 2 aromatic heterocycles. The molecule has 0 spiro atoms. The van der Waals surface area contributed by atoms with E-state index in [1.165, 1.54) is 0 Å². The molecule has 1 amide bonds. The van der Waals surface area contributed by atoms with Gasteiger partial charge in [0.15, 0.2) is 0 Å². The van der Waals surface area contributed by atoms with Gasteiger partial charge in [-0.1, -0.05) is 13.8 Å². The lowest BCUT2D eigenvalue weighted by Crippen LogP contribution is -2.32. The number of hydroxylamine groups is 1. The maximum Gasteiger partial charge on any atom is 0.274 e. The second kappa shape index (κ2) is 15.9. The molecule has 47 heavy (non-hydrogen) atoms. The lowest BCUT2D eigenvalue weighted by atomic mass is 10.2. The van der Waals surface area contributed by atoms with Crippen LogP contribution in [0.3, 0.4) is 0 Å². The number of aryl methyl sites for hydroxylation is 1. The van der Waals surface area contributed by atoms with Gasteiger partial charge in [0, 0.05) is 72.6 Å². The number of fused-ring (bicyclic) bond motifs is 1. The van der Waals surface area contributed by atoms with E-state index in [-0.39, 0.29) is 0 Å². The Balaban J connectivity index is 1.26. The van der Waals surface area contributed by atoms with E-state index >= 15 is 0 Å². The molecule has 0 radical (unpaired) electrons. The third-order valence-electron chi connectivity index (χ3n) is 7.57. The molecule has 0 aliphatic heterocycles. The topological polar surface area (TPSA) is 136 Å². The van der Waals surface area contributed by atoms with Crippen LogP contribution in [0.15, 0.2) is 79.3 Å². The Labute approximate surface area is 274 Å². The van der Waals surface area contributed by atoms with Crippen molar-refractivity contribution in [2.24, 2.45) is 0 Å². The maximum absolute atomic E-state index is 11.5. The molecule has 3 aromatic carbocycles. The minimum Gasteiger partial charge on any atom is -0.497 e. The molecule has 5 aromatic rings. The Morgan fingerprint density at radius 2 is 1.68 bits per heavy atom. The first-order chi connectivity index (χ1) is 22.9. The number of methoxy groups -OCH3 is 2. The molecule has 0 unspecified atom stereocenters. The molecular weight excluding hydrogens is 598 g/mol. The Hall–Kier alpha value is -5.20. The standard InChI is InChI=1S/C35H41N7O5/c1-24(2)36-13-15-42(28-17-30(45-3)20-31(18-28)46-4)27-9-12-32-33(19-27)39-34(22-37-32)26-21-38-41(23-26)14-5-6-16-47-29-10-7-25(8-11-29)35(43)40-44/h7-12,17-24,36,44H,5-6,13-16H2,1-4H3,(H,40,43). The van der Waals surface area contributed by atoms with E-state index in [4.69, 9.17) is 29.4 Å². The summed E-state index contributed by atoms with van der Waals surface area (Å²) in [7, 11) is 3.30. The van der Waals surface area contributed by atoms with Crippen molar-refractivity contribution in [2.75, 3.05) is 38.8 Å². The fourth-order valence-electron chi connectivity index (χ4n) is 5.08. The van der Waals surface area contributed by atoms with E-state index in [2.05, 4.69) is 41.3 Å². The van der Waals surface area contributed by atoms with Crippen molar-refractivity contribution in [1.82, 2.24) is 30.5 Å². The minimum absolute atomic E-state index is 0.358. The van der Waals surface area contributed by atoms with E-state index in [1.807, 2.05) is 41.3 Å². The summed E-state index contributed by atoms with van der Waals surface area (Å²) in [5.74, 6) is 1.54. The molecule has 0 fully saturated rings. The van der Waals surface area contributed by atoms with Gasteiger partial charge in [0.05, 0.1) is 49.9 Å². The van der Waals surface area contributed by atoms with Gasteiger partial charge in [0.1, 0.15) is 17.2 Å². The summed E-state index contributed by atoms with van der Waals surface area (Å²) < 4.78 is 18.8. The molecule has 0 saturated heterocycles. The molecule has 0 bridgehead atoms. The lowest BCUT2D eigenvalue weighted by molar-refractivity contribution is 0.0706. The van der Waals surface area contributed by atoms with E-state index in [0.29, 0.717) is 24.0 Å². The quantitative estimate of drug-likeness (QED) is 0.0709. The number of nitrogens with one attached hydrogen (secondary N) is 2. The summed E-state index contributed by atoms with van der Waals surface area (Å²) in [5, 5.41) is 16.8. The number of hydrogen-bond acceptors (Lipinski definition) is 10. The number of carbonyl (C=O) groups excluding carboxylic acids is 1. The summed E-state index contributed by atoms with van der Waals surface area (Å²) in [6.45, 7) is 7.04. The molecule has 246 valence electrons. The summed E-state index contributed by atoms with van der Waals surface area (Å²) in [4.78, 5) is 23.3. The van der Waals surface area contributed by atoms with E-state index < -0.39 is 5.91 Å². The van der Waals surface area contributed by atoms with Crippen LogP contribution in [0.4, 0.5) is 11.4 Å². The summed E-state index contributed by atoms with van der Waals surface area (Å²) >= 11 is 0. The third-order valence-corrected chi connectivity index (χ3v) is 7.57. The summed E-state index contributed by atoms with van der Waals surface area (Å²) in [5.41, 5.74) is 7.14. The van der Waals surface area contributed by atoms with Gasteiger partial charge in [-0.3, -0.25) is 19.7 Å². The molecule has 12 nitrogen and oxygen atoms in total. The first kappa shape index (κ1) is 33.2. The number of aromatic nitrogens is 4. The molecule has 0 atom stereocenters. The van der Waals surface area contributed by atoms with Gasteiger partial charge >= 0.3 is 0 Å². The number of nitrogens with zero attached hydrogens (tertiary/aromatic N) is 5. The van der Waals surface area contributed by atoms with Crippen LogP contribution in [0, 0.1) is 0 Å². The third kappa shape index (κ3) is 8.75. The molecule has 5 rings (SSSR count). The number of unbranched alkanes of at least 4 members (excludes halogenated alkanes) is 1. The van der Waals surface area contributed by atoms with Crippen LogP contribution in [-0.4, -0.2) is 70.8 Å². The van der Waals surface area contributed by atoms with Gasteiger partial charge in [0.2, 0.25) is 0 Å². The Morgan fingerprint density at radius 3 is 2.38 bits per heavy atom. The van der Waals surface area contributed by atoms with Crippen LogP contribution in [0.25, 0.3) is 22.3 Å². The fraction of sp³-hybridized carbons (Fsp3) is 0.314. The van der Waals surface area contributed by atoms with E-state index in [9.17, 15) is 4.79 Å². The highest BCUT2D eigenvalue weighted by molar-refractivity contribution is 5.93. The Kier molecular flexibility index (Phi) is 11.2. The number of anilines is 2. The van der Waals surface area contributed by atoms with Gasteiger partial charge < -0.3 is 24.4 Å². The highest BCUT2D eigenvalue weighted by Gasteiger charge is 2.15. The maximum atomic E-state index is 11.5. The van der Waals surface area contributed by atoms with Crippen LogP contribution >= 0.6 is 0 Å². The number of benzene rings is 3. The normalized spacial score (nSPS) is 11.1. The van der Waals surface area contributed by atoms with Crippen LogP contribution in [0.5, 0.6) is 17.2 Å². The molecule has 3 N–H and O–H groups in total. The number of amides is 1. The van der Waals surface area contributed by atoms with Crippen LogP contribution in [0.2, 0.25) is 0 Å². The number of hydrogen-bond donors (Lipinski definition) is 3. The van der Waals surface area contributed by atoms with Crippen LogP contribution in [-0.2, 0) is 6.54 Å². The minimum atomic E-state index is -0.558. The summed E-state index contributed by atoms with van der Waals surface area (Å²) in [6.07, 6.45) is 7.28. The predicted octanol–water partition coefficient (Wildman–Crippen LogP) is 5.62. The van der Waals surface area contributed by atoms with Gasteiger partial charge in [-0.2, -0.15) is 5.10 Å². The predicted molar refractivity (Wildman–Crippen MR) is 181 cm³/mol. The average molecular weight is 640 g/mol. The second-order valence-corrected chi connectivity index (χ2v) is 11.3. The van der Waals surface area contributed by atoms with Crippen molar-refractivity contribution in [2.45, 2.75) is 39.3 Å². The van der Waals surface area contributed by atoms with E-state index in [0.717, 1.165) is 77.6 Å². The monoisotopic (exact) mass is 639 g/mol. The molecule has 2 heterocycles. The Morgan fingerprint density at radius 1 is 0.915 bits per heavy atom. The number of rotatable bonds is 16. The zero-order chi connectivity index (χ0) is 33.2. The number of ether oxygens (including phenoxy) is 3. The van der Waals surface area contributed by atoms with Crippen molar-refractivity contribution in [3.8, 4) is 28.5 Å². The highest BCUT2D eigenvalue weighted by Crippen LogP contribution is 2.34. The van der Waals surface area contributed by atoms with E-state index in [1.54, 1.807) is 50.2 Å². The van der Waals surface area contributed by atoms with Crippen molar-refractivity contribution in [1.29, 1.82) is 0 Å². The average Bonchev–Trinajstić information content (AvgIpc) is 3.58. The SMILES string of the molecule is COc1cc(OC)cc(N(CCNC(C)C)c2ccc3ncc(-c4cnn(CCCCOc5ccc(C(=O)NO)cc5)c4)nc3c2)c1. The molecule has 0 saturated carbocycles. The second-order valence-electron chi connectivity index (χ2n) is 11.3. The van der Waals surface area contributed by atoms with Crippen molar-refractivity contribution < 1.29 is 24.2 Å². The molecule has 0 aliphatic rings. The molecular formula is C35H41N7O5. The molecule has 12 heteroatoms. The van der Waals surface area contributed by atoms with Gasteiger partial charge in [0.25, 0.3) is 5.91 Å². The first-order valence-electron chi connectivity index (χ1n) is 15.6. The van der Waals surface area contributed by atoms with Crippen LogP contribution < -0.4 is 29.9 Å². The van der Waals surface area contributed by atoms with Crippen molar-refractivity contribution in [3.63, 3.8) is 0 Å². The zero-order valence-electron chi connectivity index (χ0n) is 27.1. The van der Waals surface area contributed by atoms with Gasteiger partial charge in [-0.15, -0.1) is 0 Å². The largest absolute Gasteiger partial charge is 0.497 e. The molecule has 0 aliphatic carbocycles. The first-order valence-corrected chi connectivity index (χ1v) is 15.6. The van der Waals surface area contributed by atoms with Crippen molar-refractivity contribution >= 4 is 28.3 Å².